The molecule has 2 atom stereocenters. The Balaban J connectivity index is 2.64. The Labute approximate surface area is 80.2 Å². The van der Waals surface area contributed by atoms with Crippen LogP contribution in [-0.2, 0) is 0 Å². The molecule has 1 heterocycles. The van der Waals surface area contributed by atoms with Crippen LogP contribution in [0.2, 0.25) is 0 Å². The monoisotopic (exact) mass is 184 g/mol. The van der Waals surface area contributed by atoms with Gasteiger partial charge in [0.05, 0.1) is 0 Å². The summed E-state index contributed by atoms with van der Waals surface area (Å²) in [5, 5.41) is 0. The maximum Gasteiger partial charge on any atom is 0.208 e. The predicted molar refractivity (Wildman–Crippen MR) is 55.2 cm³/mol. The maximum atomic E-state index is 5.40. The van der Waals surface area contributed by atoms with Gasteiger partial charge in [0, 0.05) is 19.6 Å². The fourth-order valence-electron chi connectivity index (χ4n) is 1.86. The smallest absolute Gasteiger partial charge is 0.208 e. The summed E-state index contributed by atoms with van der Waals surface area (Å²) >= 11 is 0. The average Bonchev–Trinajstić information content (AvgIpc) is 2.13. The van der Waals surface area contributed by atoms with Gasteiger partial charge in [0.15, 0.2) is 0 Å². The zero-order valence-electron chi connectivity index (χ0n) is 8.75. The molecular weight excluding hydrogens is 164 g/mol. The number of nitrogens with zero attached hydrogens (tertiary/aromatic N) is 2. The number of guanidine groups is 1. The van der Waals surface area contributed by atoms with E-state index in [1.165, 1.54) is 12.8 Å². The zero-order valence-corrected chi connectivity index (χ0v) is 8.75. The van der Waals surface area contributed by atoms with Gasteiger partial charge in [-0.3, -0.25) is 10.4 Å². The maximum absolute atomic E-state index is 5.40. The standard InChI is InChI=1S/C9H20N4/c1-7-4-5-8(2)13(6-7)9(11-3)12-10/h7-8H,4-6,10H2,1-3H3,(H,11,12). The Morgan fingerprint density at radius 1 is 1.46 bits per heavy atom. The molecular formula is C9H20N4. The molecule has 1 saturated heterocycles. The highest BCUT2D eigenvalue weighted by Crippen LogP contribution is 2.20. The Hall–Kier alpha value is -0.770. The van der Waals surface area contributed by atoms with Crippen molar-refractivity contribution in [2.75, 3.05) is 13.6 Å². The minimum Gasteiger partial charge on any atom is -0.339 e. The molecule has 3 N–H and O–H groups in total. The van der Waals surface area contributed by atoms with Crippen molar-refractivity contribution < 1.29 is 0 Å². The largest absolute Gasteiger partial charge is 0.339 e. The highest BCUT2D eigenvalue weighted by atomic mass is 15.4. The van der Waals surface area contributed by atoms with Crippen LogP contribution in [0.5, 0.6) is 0 Å². The van der Waals surface area contributed by atoms with Crippen molar-refractivity contribution in [2.24, 2.45) is 16.8 Å². The zero-order chi connectivity index (χ0) is 9.84. The summed E-state index contributed by atoms with van der Waals surface area (Å²) in [7, 11) is 1.77. The third-order valence-electron chi connectivity index (χ3n) is 2.73. The number of likely N-dealkylation sites (tertiary alicyclic amines) is 1. The van der Waals surface area contributed by atoms with Gasteiger partial charge in [-0.15, -0.1) is 0 Å². The van der Waals surface area contributed by atoms with Gasteiger partial charge in [-0.2, -0.15) is 0 Å². The van der Waals surface area contributed by atoms with E-state index in [-0.39, 0.29) is 0 Å². The lowest BCUT2D eigenvalue weighted by atomic mass is 9.95. The molecule has 0 bridgehead atoms. The lowest BCUT2D eigenvalue weighted by Crippen LogP contribution is -2.52. The molecule has 2 unspecified atom stereocenters. The van der Waals surface area contributed by atoms with E-state index in [4.69, 9.17) is 5.84 Å². The lowest BCUT2D eigenvalue weighted by molar-refractivity contribution is 0.201. The molecule has 1 aliphatic rings. The van der Waals surface area contributed by atoms with E-state index in [1.807, 2.05) is 0 Å². The number of nitrogens with two attached hydrogens (primary N) is 1. The van der Waals surface area contributed by atoms with Crippen LogP contribution < -0.4 is 11.3 Å². The Morgan fingerprint density at radius 2 is 2.15 bits per heavy atom. The highest BCUT2D eigenvalue weighted by molar-refractivity contribution is 5.79. The molecule has 1 fully saturated rings. The number of hydrogen-bond acceptors (Lipinski definition) is 2. The van der Waals surface area contributed by atoms with Crippen molar-refractivity contribution >= 4 is 5.96 Å². The second-order valence-corrected chi connectivity index (χ2v) is 3.88. The van der Waals surface area contributed by atoms with Gasteiger partial charge in [0.25, 0.3) is 0 Å². The van der Waals surface area contributed by atoms with Crippen LogP contribution in [0.3, 0.4) is 0 Å². The van der Waals surface area contributed by atoms with Crippen LogP contribution in [0.25, 0.3) is 0 Å². The van der Waals surface area contributed by atoms with Crippen molar-refractivity contribution in [1.82, 2.24) is 10.3 Å². The van der Waals surface area contributed by atoms with Crippen LogP contribution in [-0.4, -0.2) is 30.5 Å². The van der Waals surface area contributed by atoms with Crippen LogP contribution in [0.15, 0.2) is 4.99 Å². The SMILES string of the molecule is CN=C(NN)N1CC(C)CCC1C. The van der Waals surface area contributed by atoms with Crippen molar-refractivity contribution in [3.05, 3.63) is 0 Å². The Kier molecular flexibility index (Phi) is 3.54. The van der Waals surface area contributed by atoms with E-state index in [1.54, 1.807) is 7.05 Å². The Bertz CT molecular complexity index is 190. The van der Waals surface area contributed by atoms with E-state index < -0.39 is 0 Å². The molecule has 0 spiro atoms. The molecule has 0 radical (unpaired) electrons. The number of hydrazine groups is 1. The molecule has 1 aliphatic heterocycles. The number of aliphatic imine (C=N–C) groups is 1. The molecule has 13 heavy (non-hydrogen) atoms. The van der Waals surface area contributed by atoms with Gasteiger partial charge in [0.2, 0.25) is 5.96 Å². The third kappa shape index (κ3) is 2.34. The summed E-state index contributed by atoms with van der Waals surface area (Å²) in [4.78, 5) is 6.37. The van der Waals surface area contributed by atoms with Crippen LogP contribution in [0.1, 0.15) is 26.7 Å². The Morgan fingerprint density at radius 3 is 2.69 bits per heavy atom. The van der Waals surface area contributed by atoms with E-state index in [9.17, 15) is 0 Å². The second kappa shape index (κ2) is 4.46. The van der Waals surface area contributed by atoms with Gasteiger partial charge >= 0.3 is 0 Å². The van der Waals surface area contributed by atoms with Gasteiger partial charge in [-0.1, -0.05) is 6.92 Å². The summed E-state index contributed by atoms with van der Waals surface area (Å²) in [5.41, 5.74) is 2.65. The van der Waals surface area contributed by atoms with Gasteiger partial charge in [-0.25, -0.2) is 5.84 Å². The summed E-state index contributed by atoms with van der Waals surface area (Å²) < 4.78 is 0. The first-order chi connectivity index (χ1) is 6.19. The first-order valence-electron chi connectivity index (χ1n) is 4.89. The van der Waals surface area contributed by atoms with Gasteiger partial charge in [0.1, 0.15) is 0 Å². The summed E-state index contributed by atoms with van der Waals surface area (Å²) in [6.07, 6.45) is 2.53. The summed E-state index contributed by atoms with van der Waals surface area (Å²) in [6, 6.07) is 0.547. The van der Waals surface area contributed by atoms with E-state index in [0.717, 1.165) is 18.4 Å². The second-order valence-electron chi connectivity index (χ2n) is 3.88. The van der Waals surface area contributed by atoms with Gasteiger partial charge in [-0.05, 0) is 25.7 Å². The van der Waals surface area contributed by atoms with Crippen molar-refractivity contribution in [3.63, 3.8) is 0 Å². The summed E-state index contributed by atoms with van der Waals surface area (Å²) in [6.45, 7) is 5.54. The van der Waals surface area contributed by atoms with Crippen molar-refractivity contribution in [2.45, 2.75) is 32.7 Å². The number of piperidine rings is 1. The minimum absolute atomic E-state index is 0.547. The molecule has 76 valence electrons. The topological polar surface area (TPSA) is 53.6 Å². The molecule has 4 nitrogen and oxygen atoms in total. The number of rotatable bonds is 0. The molecule has 0 aromatic carbocycles. The molecule has 0 aromatic heterocycles. The molecule has 0 saturated carbocycles. The first kappa shape index (κ1) is 10.3. The molecule has 1 rings (SSSR count). The van der Waals surface area contributed by atoms with E-state index in [2.05, 4.69) is 29.2 Å². The number of hydrogen-bond donors (Lipinski definition) is 2. The minimum atomic E-state index is 0.547. The van der Waals surface area contributed by atoms with Crippen molar-refractivity contribution in [3.8, 4) is 0 Å². The molecule has 4 heteroatoms. The molecule has 0 aromatic rings. The average molecular weight is 184 g/mol. The summed E-state index contributed by atoms with van der Waals surface area (Å²) in [5.74, 6) is 6.94. The van der Waals surface area contributed by atoms with E-state index in [0.29, 0.717) is 6.04 Å². The predicted octanol–water partition coefficient (Wildman–Crippen LogP) is 0.556. The fraction of sp³-hybridized carbons (Fsp3) is 0.889. The fourth-order valence-corrected chi connectivity index (χ4v) is 1.86. The molecule has 0 aliphatic carbocycles. The van der Waals surface area contributed by atoms with Crippen LogP contribution in [0, 0.1) is 5.92 Å². The lowest BCUT2D eigenvalue weighted by Gasteiger charge is -2.38. The molecule has 0 amide bonds. The normalized spacial score (nSPS) is 30.5. The van der Waals surface area contributed by atoms with Crippen LogP contribution in [0.4, 0.5) is 0 Å². The first-order valence-corrected chi connectivity index (χ1v) is 4.89. The highest BCUT2D eigenvalue weighted by Gasteiger charge is 2.24. The van der Waals surface area contributed by atoms with Gasteiger partial charge < -0.3 is 4.90 Å². The quantitative estimate of drug-likeness (QED) is 0.250. The number of nitrogens with one attached hydrogen (secondary N) is 1. The third-order valence-corrected chi connectivity index (χ3v) is 2.73. The van der Waals surface area contributed by atoms with E-state index >= 15 is 0 Å². The van der Waals surface area contributed by atoms with Crippen molar-refractivity contribution in [1.29, 1.82) is 0 Å². The van der Waals surface area contributed by atoms with Crippen LogP contribution >= 0.6 is 0 Å².